The van der Waals surface area contributed by atoms with E-state index in [9.17, 15) is 13.2 Å². The minimum absolute atomic E-state index is 0.111. The summed E-state index contributed by atoms with van der Waals surface area (Å²) in [4.78, 5) is 0. The Labute approximate surface area is 157 Å². The van der Waals surface area contributed by atoms with Gasteiger partial charge < -0.3 is 11.5 Å². The van der Waals surface area contributed by atoms with E-state index in [0.717, 1.165) is 43.7 Å². The average Bonchev–Trinajstić information content (AvgIpc) is 3.46. The summed E-state index contributed by atoms with van der Waals surface area (Å²) in [7, 11) is 0. The Kier molecular flexibility index (Phi) is 4.55. The fraction of sp³-hybridized carbons (Fsp3) is 0.455. The van der Waals surface area contributed by atoms with E-state index in [1.165, 1.54) is 17.7 Å². The van der Waals surface area contributed by atoms with Crippen LogP contribution in [0.25, 0.3) is 11.1 Å². The van der Waals surface area contributed by atoms with Gasteiger partial charge in [-0.15, -0.1) is 0 Å². The van der Waals surface area contributed by atoms with Gasteiger partial charge in [0.2, 0.25) is 0 Å². The average molecular weight is 374 g/mol. The molecule has 0 saturated heterocycles. The number of hydrogen-bond acceptors (Lipinski definition) is 2. The fourth-order valence-corrected chi connectivity index (χ4v) is 4.55. The second-order valence-corrected chi connectivity index (χ2v) is 8.22. The smallest absolute Gasteiger partial charge is 0.328 e. The minimum atomic E-state index is -4.32. The van der Waals surface area contributed by atoms with Crippen LogP contribution in [0.3, 0.4) is 0 Å². The Bertz CT molecular complexity index is 805. The first-order valence-corrected chi connectivity index (χ1v) is 9.58. The highest BCUT2D eigenvalue weighted by atomic mass is 19.4. The van der Waals surface area contributed by atoms with Crippen LogP contribution in [0.1, 0.15) is 49.1 Å². The molecule has 4 rings (SSSR count). The number of rotatable bonds is 3. The summed E-state index contributed by atoms with van der Waals surface area (Å²) in [6.07, 6.45) is 0.724. The maximum absolute atomic E-state index is 12.9. The second kappa shape index (κ2) is 6.64. The van der Waals surface area contributed by atoms with Gasteiger partial charge >= 0.3 is 6.18 Å². The van der Waals surface area contributed by atoms with Crippen molar-refractivity contribution >= 4 is 0 Å². The van der Waals surface area contributed by atoms with Crippen LogP contribution < -0.4 is 11.5 Å². The molecule has 2 atom stereocenters. The Morgan fingerprint density at radius 3 is 2.22 bits per heavy atom. The molecule has 2 aromatic rings. The van der Waals surface area contributed by atoms with Crippen molar-refractivity contribution in [1.29, 1.82) is 0 Å². The molecule has 2 nitrogen and oxygen atoms in total. The van der Waals surface area contributed by atoms with Crippen LogP contribution in [0.4, 0.5) is 13.2 Å². The number of halogens is 3. The normalized spacial score (nSPS) is 30.9. The molecule has 0 aromatic heterocycles. The lowest BCUT2D eigenvalue weighted by molar-refractivity contribution is -0.137. The van der Waals surface area contributed by atoms with E-state index >= 15 is 0 Å². The second-order valence-electron chi connectivity index (χ2n) is 8.22. The van der Waals surface area contributed by atoms with Crippen LogP contribution in [0, 0.1) is 5.92 Å². The molecular formula is C22H25F3N2. The highest BCUT2D eigenvalue weighted by Crippen LogP contribution is 2.56. The van der Waals surface area contributed by atoms with Crippen molar-refractivity contribution in [2.24, 2.45) is 17.4 Å². The zero-order valence-corrected chi connectivity index (χ0v) is 15.2. The third-order valence-corrected chi connectivity index (χ3v) is 6.35. The first kappa shape index (κ1) is 18.5. The monoisotopic (exact) mass is 374 g/mol. The van der Waals surface area contributed by atoms with E-state index < -0.39 is 11.7 Å². The molecule has 27 heavy (non-hydrogen) atoms. The number of benzene rings is 2. The third kappa shape index (κ3) is 3.76. The molecule has 2 aliphatic rings. The summed E-state index contributed by atoms with van der Waals surface area (Å²) in [5, 5.41) is 0. The van der Waals surface area contributed by atoms with Crippen LogP contribution in [0.5, 0.6) is 0 Å². The van der Waals surface area contributed by atoms with Crippen molar-refractivity contribution in [2.75, 3.05) is 0 Å². The zero-order chi connectivity index (χ0) is 19.2. The highest BCUT2D eigenvalue weighted by molar-refractivity contribution is 5.65. The van der Waals surface area contributed by atoms with Crippen LogP contribution >= 0.6 is 0 Å². The Balaban J connectivity index is 1.48. The van der Waals surface area contributed by atoms with Gasteiger partial charge in [-0.25, -0.2) is 0 Å². The van der Waals surface area contributed by atoms with E-state index in [4.69, 9.17) is 11.5 Å². The largest absolute Gasteiger partial charge is 0.416 e. The van der Waals surface area contributed by atoms with Gasteiger partial charge in [-0.3, -0.25) is 0 Å². The zero-order valence-electron chi connectivity index (χ0n) is 15.2. The summed E-state index contributed by atoms with van der Waals surface area (Å²) in [5.41, 5.74) is 14.6. The van der Waals surface area contributed by atoms with Crippen molar-refractivity contribution in [3.8, 4) is 11.1 Å². The molecule has 0 heterocycles. The van der Waals surface area contributed by atoms with Crippen molar-refractivity contribution in [2.45, 2.75) is 55.8 Å². The number of alkyl halides is 3. The van der Waals surface area contributed by atoms with Crippen LogP contribution in [-0.4, -0.2) is 11.6 Å². The predicted octanol–water partition coefficient (Wildman–Crippen LogP) is 5.07. The van der Waals surface area contributed by atoms with Gasteiger partial charge in [-0.2, -0.15) is 13.2 Å². The Morgan fingerprint density at radius 1 is 0.926 bits per heavy atom. The first-order valence-electron chi connectivity index (χ1n) is 9.58. The fourth-order valence-electron chi connectivity index (χ4n) is 4.55. The van der Waals surface area contributed by atoms with E-state index in [1.54, 1.807) is 6.07 Å². The lowest BCUT2D eigenvalue weighted by Crippen LogP contribution is -2.48. The Hall–Kier alpha value is -1.85. The standard InChI is InChI=1S/C22H25F3N2/c23-22(24,25)17-3-1-2-16(12-17)14-4-6-15(7-5-14)19-13-20(19)21(27)10-8-18(26)9-11-21/h1-7,12,18-20H,8-11,13,26-27H2/t18?,19-,20+,21?/m0/s1. The molecule has 2 saturated carbocycles. The first-order chi connectivity index (χ1) is 12.8. The lowest BCUT2D eigenvalue weighted by atomic mass is 9.76. The molecule has 5 heteroatoms. The number of hydrogen-bond donors (Lipinski definition) is 2. The van der Waals surface area contributed by atoms with Gasteiger partial charge in [0.15, 0.2) is 0 Å². The molecule has 0 amide bonds. The summed E-state index contributed by atoms with van der Waals surface area (Å²) in [6, 6.07) is 13.7. The van der Waals surface area contributed by atoms with Gasteiger partial charge in [-0.05, 0) is 72.8 Å². The van der Waals surface area contributed by atoms with Gasteiger partial charge in [-0.1, -0.05) is 36.4 Å². The van der Waals surface area contributed by atoms with Gasteiger partial charge in [0.1, 0.15) is 0 Å². The number of nitrogens with two attached hydrogens (primary N) is 2. The van der Waals surface area contributed by atoms with E-state index in [1.807, 2.05) is 24.3 Å². The van der Waals surface area contributed by atoms with Crippen LogP contribution in [0.2, 0.25) is 0 Å². The molecular weight excluding hydrogens is 349 g/mol. The Morgan fingerprint density at radius 2 is 1.59 bits per heavy atom. The van der Waals surface area contributed by atoms with Gasteiger partial charge in [0.05, 0.1) is 5.56 Å². The van der Waals surface area contributed by atoms with Crippen molar-refractivity contribution in [3.63, 3.8) is 0 Å². The van der Waals surface area contributed by atoms with E-state index in [0.29, 0.717) is 17.4 Å². The predicted molar refractivity (Wildman–Crippen MR) is 101 cm³/mol. The summed E-state index contributed by atoms with van der Waals surface area (Å²) in [5.74, 6) is 0.948. The van der Waals surface area contributed by atoms with Gasteiger partial charge in [0, 0.05) is 11.6 Å². The molecule has 144 valence electrons. The van der Waals surface area contributed by atoms with Crippen LogP contribution in [-0.2, 0) is 6.18 Å². The third-order valence-electron chi connectivity index (χ3n) is 6.35. The van der Waals surface area contributed by atoms with Gasteiger partial charge in [0.25, 0.3) is 0 Å². The van der Waals surface area contributed by atoms with E-state index in [2.05, 4.69) is 0 Å². The van der Waals surface area contributed by atoms with Crippen molar-refractivity contribution in [3.05, 3.63) is 59.7 Å². The molecule has 2 aromatic carbocycles. The lowest BCUT2D eigenvalue weighted by Gasteiger charge is -2.36. The molecule has 0 unspecified atom stereocenters. The van der Waals surface area contributed by atoms with Crippen molar-refractivity contribution < 1.29 is 13.2 Å². The quantitative estimate of drug-likeness (QED) is 0.788. The molecule has 0 spiro atoms. The van der Waals surface area contributed by atoms with E-state index in [-0.39, 0.29) is 11.6 Å². The summed E-state index contributed by atoms with van der Waals surface area (Å²) >= 11 is 0. The SMILES string of the molecule is NC1CCC(N)([C@@H]2C[C@H]2c2ccc(-c3cccc(C(F)(F)F)c3)cc2)CC1. The molecule has 0 aliphatic heterocycles. The maximum Gasteiger partial charge on any atom is 0.416 e. The molecule has 0 bridgehead atoms. The molecule has 2 fully saturated rings. The topological polar surface area (TPSA) is 52.0 Å². The minimum Gasteiger partial charge on any atom is -0.328 e. The molecule has 4 N–H and O–H groups in total. The molecule has 2 aliphatic carbocycles. The molecule has 0 radical (unpaired) electrons. The maximum atomic E-state index is 12.9. The summed E-state index contributed by atoms with van der Waals surface area (Å²) < 4.78 is 38.8. The van der Waals surface area contributed by atoms with Crippen LogP contribution in [0.15, 0.2) is 48.5 Å². The highest BCUT2D eigenvalue weighted by Gasteiger charge is 2.51. The summed E-state index contributed by atoms with van der Waals surface area (Å²) in [6.45, 7) is 0. The van der Waals surface area contributed by atoms with Crippen molar-refractivity contribution in [1.82, 2.24) is 0 Å².